The second kappa shape index (κ2) is 5.92. The van der Waals surface area contributed by atoms with Crippen molar-refractivity contribution in [3.63, 3.8) is 0 Å². The van der Waals surface area contributed by atoms with Crippen molar-refractivity contribution in [1.82, 2.24) is 4.98 Å². The Balaban J connectivity index is 2.31. The van der Waals surface area contributed by atoms with Gasteiger partial charge in [0.1, 0.15) is 11.4 Å². The third-order valence-corrected chi connectivity index (χ3v) is 2.65. The van der Waals surface area contributed by atoms with Crippen molar-refractivity contribution in [2.75, 3.05) is 7.11 Å². The Morgan fingerprint density at radius 3 is 2.75 bits per heavy atom. The topological polar surface area (TPSA) is 90.0 Å². The van der Waals surface area contributed by atoms with Crippen LogP contribution in [-0.4, -0.2) is 23.1 Å². The third kappa shape index (κ3) is 2.97. The molecule has 0 fully saturated rings. The molecule has 2 rings (SSSR count). The Labute approximate surface area is 116 Å². The Hall–Kier alpha value is -2.76. The van der Waals surface area contributed by atoms with Crippen LogP contribution < -0.4 is 15.2 Å². The zero-order valence-electron chi connectivity index (χ0n) is 11.2. The molecule has 104 valence electrons. The normalized spacial score (nSPS) is 11.2. The predicted molar refractivity (Wildman–Crippen MR) is 74.6 cm³/mol. The van der Waals surface area contributed by atoms with E-state index in [0.717, 1.165) is 5.56 Å². The quantitative estimate of drug-likeness (QED) is 0.386. The fourth-order valence-corrected chi connectivity index (χ4v) is 1.65. The first-order valence-electron chi connectivity index (χ1n) is 5.90. The Kier molecular flexibility index (Phi) is 4.05. The number of benzene rings is 1. The summed E-state index contributed by atoms with van der Waals surface area (Å²) in [6.45, 7) is 1.97. The number of methoxy groups -OCH3 is 1. The predicted octanol–water partition coefficient (Wildman–Crippen LogP) is 2.29. The largest absolute Gasteiger partial charge is 0.493 e. The highest BCUT2D eigenvalue weighted by Crippen LogP contribution is 2.32. The SMILES string of the molecule is COc1cc(C)ccc1Oc1ccnc(C(N)=NO)c1. The van der Waals surface area contributed by atoms with E-state index >= 15 is 0 Å². The summed E-state index contributed by atoms with van der Waals surface area (Å²) in [5.41, 5.74) is 6.89. The number of aromatic nitrogens is 1. The number of pyridine rings is 1. The van der Waals surface area contributed by atoms with Crippen LogP contribution in [0.15, 0.2) is 41.7 Å². The Bertz CT molecular complexity index is 641. The number of oxime groups is 1. The van der Waals surface area contributed by atoms with E-state index in [1.807, 2.05) is 25.1 Å². The van der Waals surface area contributed by atoms with E-state index in [1.165, 1.54) is 6.20 Å². The number of ether oxygens (including phenoxy) is 2. The number of rotatable bonds is 4. The van der Waals surface area contributed by atoms with Crippen LogP contribution in [0.4, 0.5) is 0 Å². The van der Waals surface area contributed by atoms with E-state index in [1.54, 1.807) is 19.2 Å². The highest BCUT2D eigenvalue weighted by Gasteiger charge is 2.08. The van der Waals surface area contributed by atoms with Crippen LogP contribution in [0, 0.1) is 6.92 Å². The highest BCUT2D eigenvalue weighted by molar-refractivity contribution is 5.95. The molecule has 0 aliphatic carbocycles. The molecule has 2 aromatic rings. The number of nitrogens with two attached hydrogens (primary N) is 1. The number of aryl methyl sites for hydroxylation is 1. The van der Waals surface area contributed by atoms with E-state index in [0.29, 0.717) is 22.9 Å². The fourth-order valence-electron chi connectivity index (χ4n) is 1.65. The smallest absolute Gasteiger partial charge is 0.188 e. The number of amidine groups is 1. The lowest BCUT2D eigenvalue weighted by molar-refractivity contribution is 0.318. The molecule has 0 saturated heterocycles. The van der Waals surface area contributed by atoms with E-state index in [4.69, 9.17) is 20.4 Å². The molecule has 0 unspecified atom stereocenters. The summed E-state index contributed by atoms with van der Waals surface area (Å²) >= 11 is 0. The molecule has 0 amide bonds. The average molecular weight is 273 g/mol. The molecule has 6 heteroatoms. The Morgan fingerprint density at radius 2 is 2.05 bits per heavy atom. The van der Waals surface area contributed by atoms with Crippen molar-refractivity contribution in [3.05, 3.63) is 47.8 Å². The first-order valence-corrected chi connectivity index (χ1v) is 5.90. The van der Waals surface area contributed by atoms with Gasteiger partial charge in [-0.25, -0.2) is 0 Å². The van der Waals surface area contributed by atoms with Gasteiger partial charge in [-0.1, -0.05) is 11.2 Å². The molecule has 6 nitrogen and oxygen atoms in total. The van der Waals surface area contributed by atoms with Crippen LogP contribution in [0.5, 0.6) is 17.2 Å². The van der Waals surface area contributed by atoms with Crippen molar-refractivity contribution in [2.24, 2.45) is 10.9 Å². The van der Waals surface area contributed by atoms with Gasteiger partial charge in [-0.15, -0.1) is 0 Å². The maximum atomic E-state index is 8.64. The van der Waals surface area contributed by atoms with Gasteiger partial charge < -0.3 is 20.4 Å². The summed E-state index contributed by atoms with van der Waals surface area (Å²) in [5.74, 6) is 1.65. The van der Waals surface area contributed by atoms with Gasteiger partial charge in [0, 0.05) is 12.3 Å². The molecule has 20 heavy (non-hydrogen) atoms. The van der Waals surface area contributed by atoms with Crippen LogP contribution >= 0.6 is 0 Å². The monoisotopic (exact) mass is 273 g/mol. The van der Waals surface area contributed by atoms with Gasteiger partial charge in [0.25, 0.3) is 0 Å². The van der Waals surface area contributed by atoms with E-state index < -0.39 is 0 Å². The van der Waals surface area contributed by atoms with Gasteiger partial charge in [0.15, 0.2) is 17.3 Å². The van der Waals surface area contributed by atoms with Crippen molar-refractivity contribution in [2.45, 2.75) is 6.92 Å². The van der Waals surface area contributed by atoms with E-state index in [-0.39, 0.29) is 5.84 Å². The lowest BCUT2D eigenvalue weighted by atomic mass is 10.2. The summed E-state index contributed by atoms with van der Waals surface area (Å²) in [4.78, 5) is 3.98. The summed E-state index contributed by atoms with van der Waals surface area (Å²) in [6, 6.07) is 8.87. The fraction of sp³-hybridized carbons (Fsp3) is 0.143. The second-order valence-corrected chi connectivity index (χ2v) is 4.12. The molecule has 1 aromatic heterocycles. The molecule has 3 N–H and O–H groups in total. The summed E-state index contributed by atoms with van der Waals surface area (Å²) < 4.78 is 11.0. The summed E-state index contributed by atoms with van der Waals surface area (Å²) in [6.07, 6.45) is 1.52. The molecular formula is C14H15N3O3. The molecule has 1 aromatic carbocycles. The molecule has 0 atom stereocenters. The minimum Gasteiger partial charge on any atom is -0.493 e. The average Bonchev–Trinajstić information content (AvgIpc) is 2.48. The van der Waals surface area contributed by atoms with Crippen molar-refractivity contribution in [3.8, 4) is 17.2 Å². The van der Waals surface area contributed by atoms with Gasteiger partial charge >= 0.3 is 0 Å². The van der Waals surface area contributed by atoms with Gasteiger partial charge in [0.05, 0.1) is 7.11 Å². The second-order valence-electron chi connectivity index (χ2n) is 4.12. The molecule has 0 aliphatic heterocycles. The first-order chi connectivity index (χ1) is 9.63. The van der Waals surface area contributed by atoms with Crippen molar-refractivity contribution < 1.29 is 14.7 Å². The zero-order chi connectivity index (χ0) is 14.5. The van der Waals surface area contributed by atoms with Crippen LogP contribution in [-0.2, 0) is 0 Å². The number of hydrogen-bond acceptors (Lipinski definition) is 5. The molecule has 0 saturated carbocycles. The van der Waals surface area contributed by atoms with E-state index in [2.05, 4.69) is 10.1 Å². The molecule has 0 aliphatic rings. The zero-order valence-corrected chi connectivity index (χ0v) is 11.2. The first kappa shape index (κ1) is 13.7. The summed E-state index contributed by atoms with van der Waals surface area (Å²) in [7, 11) is 1.58. The van der Waals surface area contributed by atoms with Crippen LogP contribution in [0.1, 0.15) is 11.3 Å². The van der Waals surface area contributed by atoms with Gasteiger partial charge in [-0.2, -0.15) is 0 Å². The molecule has 0 spiro atoms. The van der Waals surface area contributed by atoms with Crippen LogP contribution in [0.2, 0.25) is 0 Å². The van der Waals surface area contributed by atoms with Crippen molar-refractivity contribution in [1.29, 1.82) is 0 Å². The van der Waals surface area contributed by atoms with E-state index in [9.17, 15) is 0 Å². The number of nitrogens with zero attached hydrogens (tertiary/aromatic N) is 2. The lowest BCUT2D eigenvalue weighted by Gasteiger charge is -2.11. The van der Waals surface area contributed by atoms with Crippen molar-refractivity contribution >= 4 is 5.84 Å². The van der Waals surface area contributed by atoms with Gasteiger partial charge in [-0.05, 0) is 30.7 Å². The standard InChI is InChI=1S/C14H15N3O3/c1-9-3-4-12(13(7-9)19-2)20-10-5-6-16-11(8-10)14(15)17-18/h3-8,18H,1-2H3,(H2,15,17). The number of hydrogen-bond donors (Lipinski definition) is 2. The molecule has 0 bridgehead atoms. The maximum absolute atomic E-state index is 8.64. The van der Waals surface area contributed by atoms with Gasteiger partial charge in [0.2, 0.25) is 0 Å². The summed E-state index contributed by atoms with van der Waals surface area (Å²) in [5, 5.41) is 11.5. The van der Waals surface area contributed by atoms with Gasteiger partial charge in [-0.3, -0.25) is 4.98 Å². The maximum Gasteiger partial charge on any atom is 0.188 e. The molecule has 1 heterocycles. The Morgan fingerprint density at radius 1 is 1.25 bits per heavy atom. The highest BCUT2D eigenvalue weighted by atomic mass is 16.5. The third-order valence-electron chi connectivity index (χ3n) is 2.65. The minimum atomic E-state index is -0.0775. The molecular weight excluding hydrogens is 258 g/mol. The van der Waals surface area contributed by atoms with Crippen LogP contribution in [0.3, 0.4) is 0 Å². The lowest BCUT2D eigenvalue weighted by Crippen LogP contribution is -2.14. The molecule has 0 radical (unpaired) electrons. The minimum absolute atomic E-state index is 0.0775. The van der Waals surface area contributed by atoms with Crippen LogP contribution in [0.25, 0.3) is 0 Å².